The van der Waals surface area contributed by atoms with Crippen LogP contribution in [0.4, 0.5) is 0 Å². The van der Waals surface area contributed by atoms with E-state index in [1.165, 1.54) is 0 Å². The average molecular weight is 218 g/mol. The second-order valence-corrected chi connectivity index (χ2v) is 3.66. The Labute approximate surface area is 93.7 Å². The predicted molar refractivity (Wildman–Crippen MR) is 59.7 cm³/mol. The SMILES string of the molecule is C[C@@H](CCO)n1nnc(-c2ccccc2)n1. The van der Waals surface area contributed by atoms with Crippen molar-refractivity contribution in [3.63, 3.8) is 0 Å². The summed E-state index contributed by atoms with van der Waals surface area (Å²) in [7, 11) is 0. The van der Waals surface area contributed by atoms with Gasteiger partial charge in [0.15, 0.2) is 0 Å². The second kappa shape index (κ2) is 4.85. The number of tetrazole rings is 1. The van der Waals surface area contributed by atoms with Crippen LogP contribution in [0.3, 0.4) is 0 Å². The molecule has 2 rings (SSSR count). The minimum atomic E-state index is 0.0648. The lowest BCUT2D eigenvalue weighted by Gasteiger charge is -2.05. The monoisotopic (exact) mass is 218 g/mol. The van der Waals surface area contributed by atoms with Gasteiger partial charge in [0.25, 0.3) is 0 Å². The van der Waals surface area contributed by atoms with Gasteiger partial charge in [-0.3, -0.25) is 0 Å². The summed E-state index contributed by atoms with van der Waals surface area (Å²) in [6, 6.07) is 9.77. The molecule has 5 heteroatoms. The van der Waals surface area contributed by atoms with Crippen molar-refractivity contribution in [2.75, 3.05) is 6.61 Å². The van der Waals surface area contributed by atoms with E-state index < -0.39 is 0 Å². The van der Waals surface area contributed by atoms with E-state index in [2.05, 4.69) is 15.4 Å². The van der Waals surface area contributed by atoms with E-state index >= 15 is 0 Å². The molecular formula is C11H14N4O. The van der Waals surface area contributed by atoms with Gasteiger partial charge >= 0.3 is 0 Å². The highest BCUT2D eigenvalue weighted by Crippen LogP contribution is 2.14. The van der Waals surface area contributed by atoms with Crippen molar-refractivity contribution in [3.8, 4) is 11.4 Å². The molecule has 2 aromatic rings. The highest BCUT2D eigenvalue weighted by molar-refractivity contribution is 5.52. The lowest BCUT2D eigenvalue weighted by molar-refractivity contribution is 0.249. The smallest absolute Gasteiger partial charge is 0.204 e. The maximum Gasteiger partial charge on any atom is 0.204 e. The third-order valence-electron chi connectivity index (χ3n) is 2.40. The van der Waals surface area contributed by atoms with Gasteiger partial charge in [-0.25, -0.2) is 0 Å². The van der Waals surface area contributed by atoms with Crippen LogP contribution in [0.5, 0.6) is 0 Å². The molecular weight excluding hydrogens is 204 g/mol. The van der Waals surface area contributed by atoms with Crippen molar-refractivity contribution < 1.29 is 5.11 Å². The molecule has 0 spiro atoms. The zero-order valence-electron chi connectivity index (χ0n) is 9.11. The topological polar surface area (TPSA) is 63.8 Å². The van der Waals surface area contributed by atoms with E-state index in [-0.39, 0.29) is 12.6 Å². The molecule has 16 heavy (non-hydrogen) atoms. The molecule has 1 N–H and O–H groups in total. The first kappa shape index (κ1) is 10.8. The van der Waals surface area contributed by atoms with Gasteiger partial charge in [0.05, 0.1) is 6.04 Å². The lowest BCUT2D eigenvalue weighted by Crippen LogP contribution is -2.10. The molecule has 0 radical (unpaired) electrons. The Bertz CT molecular complexity index is 440. The molecule has 1 heterocycles. The molecule has 0 unspecified atom stereocenters. The van der Waals surface area contributed by atoms with Gasteiger partial charge in [-0.15, -0.1) is 10.2 Å². The summed E-state index contributed by atoms with van der Waals surface area (Å²) in [5, 5.41) is 21.1. The summed E-state index contributed by atoms with van der Waals surface area (Å²) in [4.78, 5) is 1.54. The van der Waals surface area contributed by atoms with Gasteiger partial charge in [0, 0.05) is 12.2 Å². The van der Waals surface area contributed by atoms with Crippen LogP contribution in [0, 0.1) is 0 Å². The zero-order valence-corrected chi connectivity index (χ0v) is 9.11. The number of benzene rings is 1. The van der Waals surface area contributed by atoms with Gasteiger partial charge in [0.1, 0.15) is 0 Å². The lowest BCUT2D eigenvalue weighted by atomic mass is 10.2. The number of aromatic nitrogens is 4. The molecule has 0 saturated carbocycles. The van der Waals surface area contributed by atoms with E-state index in [9.17, 15) is 0 Å². The Balaban J connectivity index is 2.20. The van der Waals surface area contributed by atoms with Gasteiger partial charge in [-0.05, 0) is 18.6 Å². The average Bonchev–Trinajstić information content (AvgIpc) is 2.80. The van der Waals surface area contributed by atoms with E-state index in [0.717, 1.165) is 5.56 Å². The maximum absolute atomic E-state index is 8.83. The van der Waals surface area contributed by atoms with E-state index in [4.69, 9.17) is 5.11 Å². The number of aliphatic hydroxyl groups excluding tert-OH is 1. The van der Waals surface area contributed by atoms with Crippen molar-refractivity contribution in [3.05, 3.63) is 30.3 Å². The molecule has 0 amide bonds. The van der Waals surface area contributed by atoms with Crippen LogP contribution in [0.2, 0.25) is 0 Å². The summed E-state index contributed by atoms with van der Waals surface area (Å²) < 4.78 is 0. The van der Waals surface area contributed by atoms with Gasteiger partial charge < -0.3 is 5.11 Å². The number of hydrogen-bond acceptors (Lipinski definition) is 4. The van der Waals surface area contributed by atoms with Gasteiger partial charge in [-0.1, -0.05) is 30.3 Å². The summed E-state index contributed by atoms with van der Waals surface area (Å²) in [6.45, 7) is 2.08. The molecule has 0 saturated heterocycles. The molecule has 1 aromatic heterocycles. The Hall–Kier alpha value is -1.75. The molecule has 0 fully saturated rings. The first-order chi connectivity index (χ1) is 7.81. The quantitative estimate of drug-likeness (QED) is 0.839. The minimum Gasteiger partial charge on any atom is -0.396 e. The van der Waals surface area contributed by atoms with Crippen LogP contribution >= 0.6 is 0 Å². The zero-order chi connectivity index (χ0) is 11.4. The van der Waals surface area contributed by atoms with E-state index in [1.54, 1.807) is 4.80 Å². The van der Waals surface area contributed by atoms with E-state index in [1.807, 2.05) is 37.3 Å². The molecule has 5 nitrogen and oxygen atoms in total. The van der Waals surface area contributed by atoms with Gasteiger partial charge in [0.2, 0.25) is 5.82 Å². The number of hydrogen-bond donors (Lipinski definition) is 1. The molecule has 0 aliphatic rings. The highest BCUT2D eigenvalue weighted by Gasteiger charge is 2.10. The first-order valence-corrected chi connectivity index (χ1v) is 5.27. The maximum atomic E-state index is 8.83. The standard InChI is InChI=1S/C11H14N4O/c1-9(7-8-16)15-13-11(12-14-15)10-5-3-2-4-6-10/h2-6,9,16H,7-8H2,1H3/t9-/m0/s1. The summed E-state index contributed by atoms with van der Waals surface area (Å²) in [5.41, 5.74) is 0.949. The fraction of sp³-hybridized carbons (Fsp3) is 0.364. The Morgan fingerprint density at radius 2 is 2.06 bits per heavy atom. The van der Waals surface area contributed by atoms with E-state index in [0.29, 0.717) is 12.2 Å². The normalized spacial score (nSPS) is 12.6. The van der Waals surface area contributed by atoms with Crippen molar-refractivity contribution in [1.82, 2.24) is 20.2 Å². The summed E-state index contributed by atoms with van der Waals surface area (Å²) in [6.07, 6.45) is 0.630. The number of aliphatic hydroxyl groups is 1. The van der Waals surface area contributed by atoms with Crippen LogP contribution in [-0.2, 0) is 0 Å². The highest BCUT2D eigenvalue weighted by atomic mass is 16.3. The Morgan fingerprint density at radius 3 is 2.75 bits per heavy atom. The Kier molecular flexibility index (Phi) is 3.26. The molecule has 84 valence electrons. The van der Waals surface area contributed by atoms with Gasteiger partial charge in [-0.2, -0.15) is 4.80 Å². The van der Waals surface area contributed by atoms with Crippen LogP contribution in [-0.4, -0.2) is 31.9 Å². The van der Waals surface area contributed by atoms with Crippen molar-refractivity contribution >= 4 is 0 Å². The molecule has 1 atom stereocenters. The van der Waals surface area contributed by atoms with Crippen molar-refractivity contribution in [2.45, 2.75) is 19.4 Å². The Morgan fingerprint density at radius 1 is 1.31 bits per heavy atom. The summed E-state index contributed by atoms with van der Waals surface area (Å²) >= 11 is 0. The third-order valence-corrected chi connectivity index (χ3v) is 2.40. The summed E-state index contributed by atoms with van der Waals surface area (Å²) in [5.74, 6) is 0.616. The minimum absolute atomic E-state index is 0.0648. The van der Waals surface area contributed by atoms with Crippen molar-refractivity contribution in [1.29, 1.82) is 0 Å². The van der Waals surface area contributed by atoms with Crippen molar-refractivity contribution in [2.24, 2.45) is 0 Å². The fourth-order valence-corrected chi connectivity index (χ4v) is 1.42. The van der Waals surface area contributed by atoms with Crippen LogP contribution in [0.25, 0.3) is 11.4 Å². The largest absolute Gasteiger partial charge is 0.396 e. The van der Waals surface area contributed by atoms with Crippen LogP contribution < -0.4 is 0 Å². The van der Waals surface area contributed by atoms with Crippen LogP contribution in [0.1, 0.15) is 19.4 Å². The third kappa shape index (κ3) is 2.25. The van der Waals surface area contributed by atoms with Crippen LogP contribution in [0.15, 0.2) is 30.3 Å². The fourth-order valence-electron chi connectivity index (χ4n) is 1.42. The molecule has 0 aliphatic heterocycles. The second-order valence-electron chi connectivity index (χ2n) is 3.66. The first-order valence-electron chi connectivity index (χ1n) is 5.27. The number of rotatable bonds is 4. The molecule has 0 bridgehead atoms. The number of nitrogens with zero attached hydrogens (tertiary/aromatic N) is 4. The molecule has 0 aliphatic carbocycles. The predicted octanol–water partition coefficient (Wildman–Crippen LogP) is 1.28. The molecule has 1 aromatic carbocycles.